The van der Waals surface area contributed by atoms with Crippen LogP contribution in [0, 0.1) is 13.8 Å². The van der Waals surface area contributed by atoms with Crippen LogP contribution in [0.2, 0.25) is 0 Å². The van der Waals surface area contributed by atoms with Gasteiger partial charge in [-0.25, -0.2) is 9.78 Å². The van der Waals surface area contributed by atoms with Crippen LogP contribution in [-0.4, -0.2) is 21.0 Å². The molecule has 0 radical (unpaired) electrons. The van der Waals surface area contributed by atoms with E-state index in [4.69, 9.17) is 5.11 Å². The molecule has 0 saturated heterocycles. The smallest absolute Gasteiger partial charge is 0.353 e. The third-order valence-corrected chi connectivity index (χ3v) is 2.80. The minimum atomic E-state index is -0.983. The summed E-state index contributed by atoms with van der Waals surface area (Å²) in [7, 11) is 0. The maximum atomic E-state index is 10.7. The zero-order valence-electron chi connectivity index (χ0n) is 9.82. The van der Waals surface area contributed by atoms with Crippen molar-refractivity contribution in [3.05, 3.63) is 52.6 Å². The highest BCUT2D eigenvalue weighted by Crippen LogP contribution is 2.12. The lowest BCUT2D eigenvalue weighted by atomic mass is 10.0. The molecule has 0 unspecified atom stereocenters. The first-order chi connectivity index (χ1) is 8.06. The normalized spacial score (nSPS) is 10.5. The zero-order valence-corrected chi connectivity index (χ0v) is 9.82. The Hall–Kier alpha value is -2.10. The van der Waals surface area contributed by atoms with Crippen molar-refractivity contribution < 1.29 is 9.90 Å². The molecule has 0 spiro atoms. The van der Waals surface area contributed by atoms with Gasteiger partial charge in [-0.15, -0.1) is 0 Å². The summed E-state index contributed by atoms with van der Waals surface area (Å²) < 4.78 is 0. The Kier molecular flexibility index (Phi) is 2.95. The minimum absolute atomic E-state index is 0.129. The van der Waals surface area contributed by atoms with Crippen LogP contribution >= 0.6 is 0 Å². The van der Waals surface area contributed by atoms with Gasteiger partial charge in [-0.2, -0.15) is 0 Å². The second kappa shape index (κ2) is 4.41. The lowest BCUT2D eigenvalue weighted by Gasteiger charge is -2.03. The van der Waals surface area contributed by atoms with E-state index in [1.165, 1.54) is 17.3 Å². The molecule has 17 heavy (non-hydrogen) atoms. The van der Waals surface area contributed by atoms with Crippen molar-refractivity contribution in [2.24, 2.45) is 0 Å². The number of aromatic nitrogens is 2. The minimum Gasteiger partial charge on any atom is -0.477 e. The first-order valence-corrected chi connectivity index (χ1v) is 5.39. The van der Waals surface area contributed by atoms with Gasteiger partial charge in [0.25, 0.3) is 0 Å². The maximum Gasteiger partial charge on any atom is 0.353 e. The quantitative estimate of drug-likeness (QED) is 0.850. The molecule has 1 aromatic heterocycles. The molecule has 0 saturated carbocycles. The third-order valence-electron chi connectivity index (χ3n) is 2.80. The highest BCUT2D eigenvalue weighted by Gasteiger charge is 2.07. The Morgan fingerprint density at radius 2 is 2.12 bits per heavy atom. The maximum absolute atomic E-state index is 10.7. The third kappa shape index (κ3) is 2.53. The van der Waals surface area contributed by atoms with Gasteiger partial charge in [-0.3, -0.25) is 0 Å². The number of hydrogen-bond acceptors (Lipinski definition) is 2. The topological polar surface area (TPSA) is 66.0 Å². The van der Waals surface area contributed by atoms with Crippen LogP contribution in [0.1, 0.15) is 33.0 Å². The van der Waals surface area contributed by atoms with Gasteiger partial charge >= 0.3 is 5.97 Å². The molecule has 4 heteroatoms. The van der Waals surface area contributed by atoms with E-state index in [0.29, 0.717) is 12.2 Å². The molecule has 0 amide bonds. The van der Waals surface area contributed by atoms with Crippen molar-refractivity contribution in [3.63, 3.8) is 0 Å². The fourth-order valence-electron chi connectivity index (χ4n) is 1.67. The summed E-state index contributed by atoms with van der Waals surface area (Å²) in [6.07, 6.45) is 1.97. The highest BCUT2D eigenvalue weighted by molar-refractivity contribution is 5.85. The number of carboxylic acid groups (broad SMARTS) is 1. The van der Waals surface area contributed by atoms with E-state index in [2.05, 4.69) is 35.9 Å². The molecular formula is C13H14N2O2. The number of benzene rings is 1. The molecule has 0 aliphatic heterocycles. The van der Waals surface area contributed by atoms with Crippen LogP contribution in [0.15, 0.2) is 24.4 Å². The molecule has 4 nitrogen and oxygen atoms in total. The van der Waals surface area contributed by atoms with Gasteiger partial charge in [0.1, 0.15) is 11.5 Å². The summed E-state index contributed by atoms with van der Waals surface area (Å²) in [5.74, 6) is -0.311. The number of aromatic amines is 1. The molecule has 0 aliphatic rings. The van der Waals surface area contributed by atoms with E-state index < -0.39 is 5.97 Å². The van der Waals surface area contributed by atoms with E-state index in [9.17, 15) is 4.79 Å². The van der Waals surface area contributed by atoms with Gasteiger partial charge in [0.15, 0.2) is 0 Å². The Balaban J connectivity index is 2.19. The van der Waals surface area contributed by atoms with Gasteiger partial charge in [0.2, 0.25) is 0 Å². The Morgan fingerprint density at radius 1 is 1.35 bits per heavy atom. The van der Waals surface area contributed by atoms with Crippen LogP contribution in [0.25, 0.3) is 0 Å². The predicted octanol–water partition coefficient (Wildman–Crippen LogP) is 2.32. The van der Waals surface area contributed by atoms with Crippen molar-refractivity contribution in [3.8, 4) is 0 Å². The van der Waals surface area contributed by atoms with Gasteiger partial charge in [0, 0.05) is 6.42 Å². The van der Waals surface area contributed by atoms with Crippen LogP contribution < -0.4 is 0 Å². The number of nitrogens with one attached hydrogen (secondary N) is 1. The van der Waals surface area contributed by atoms with E-state index in [1.807, 2.05) is 6.07 Å². The lowest BCUT2D eigenvalue weighted by Crippen LogP contribution is -1.97. The molecule has 2 N–H and O–H groups in total. The van der Waals surface area contributed by atoms with Gasteiger partial charge < -0.3 is 10.1 Å². The molecule has 0 atom stereocenters. The number of aromatic carboxylic acids is 1. The van der Waals surface area contributed by atoms with Crippen LogP contribution in [0.4, 0.5) is 0 Å². The Bertz CT molecular complexity index is 558. The number of imidazole rings is 1. The van der Waals surface area contributed by atoms with Gasteiger partial charge in [-0.1, -0.05) is 18.2 Å². The summed E-state index contributed by atoms with van der Waals surface area (Å²) in [5, 5.41) is 8.77. The van der Waals surface area contributed by atoms with Gasteiger partial charge in [0.05, 0.1) is 6.20 Å². The van der Waals surface area contributed by atoms with E-state index in [1.54, 1.807) is 0 Å². The molecule has 0 fully saturated rings. The molecular weight excluding hydrogens is 216 g/mol. The number of carbonyl (C=O) groups is 1. The predicted molar refractivity (Wildman–Crippen MR) is 64.3 cm³/mol. The average Bonchev–Trinajstić information content (AvgIpc) is 2.72. The van der Waals surface area contributed by atoms with E-state index in [-0.39, 0.29) is 5.69 Å². The second-order valence-corrected chi connectivity index (χ2v) is 4.14. The summed E-state index contributed by atoms with van der Waals surface area (Å²) >= 11 is 0. The SMILES string of the molecule is Cc1ccc(Cc2ncc(C(=O)O)[nH]2)cc1C. The Morgan fingerprint density at radius 3 is 2.71 bits per heavy atom. The second-order valence-electron chi connectivity index (χ2n) is 4.14. The molecule has 1 aromatic carbocycles. The first-order valence-electron chi connectivity index (χ1n) is 5.39. The largest absolute Gasteiger partial charge is 0.477 e. The summed E-state index contributed by atoms with van der Waals surface area (Å²) in [4.78, 5) is 17.5. The van der Waals surface area contributed by atoms with E-state index >= 15 is 0 Å². The lowest BCUT2D eigenvalue weighted by molar-refractivity contribution is 0.0691. The standard InChI is InChI=1S/C13H14N2O2/c1-8-3-4-10(5-9(8)2)6-12-14-7-11(15-12)13(16)17/h3-5,7H,6H2,1-2H3,(H,14,15)(H,16,17). The molecule has 2 rings (SSSR count). The summed E-state index contributed by atoms with van der Waals surface area (Å²) in [6, 6.07) is 6.19. The fraction of sp³-hybridized carbons (Fsp3) is 0.231. The van der Waals surface area contributed by atoms with Crippen LogP contribution in [0.3, 0.4) is 0 Å². The first kappa shape index (κ1) is 11.4. The number of carboxylic acids is 1. The van der Waals surface area contributed by atoms with Crippen molar-refractivity contribution >= 4 is 5.97 Å². The molecule has 0 aliphatic carbocycles. The number of H-pyrrole nitrogens is 1. The van der Waals surface area contributed by atoms with Crippen LogP contribution in [0.5, 0.6) is 0 Å². The average molecular weight is 230 g/mol. The number of hydrogen-bond donors (Lipinski definition) is 2. The van der Waals surface area contributed by atoms with Crippen LogP contribution in [-0.2, 0) is 6.42 Å². The number of aryl methyl sites for hydroxylation is 2. The molecule has 1 heterocycles. The van der Waals surface area contributed by atoms with Crippen molar-refractivity contribution in [2.75, 3.05) is 0 Å². The number of nitrogens with zero attached hydrogens (tertiary/aromatic N) is 1. The summed E-state index contributed by atoms with van der Waals surface area (Å²) in [6.45, 7) is 4.12. The van der Waals surface area contributed by atoms with E-state index in [0.717, 1.165) is 5.56 Å². The highest BCUT2D eigenvalue weighted by atomic mass is 16.4. The zero-order chi connectivity index (χ0) is 12.4. The monoisotopic (exact) mass is 230 g/mol. The molecule has 88 valence electrons. The van der Waals surface area contributed by atoms with Crippen molar-refractivity contribution in [1.29, 1.82) is 0 Å². The molecule has 0 bridgehead atoms. The summed E-state index contributed by atoms with van der Waals surface area (Å²) in [5.41, 5.74) is 3.73. The fourth-order valence-corrected chi connectivity index (χ4v) is 1.67. The Labute approximate surface area is 99.3 Å². The van der Waals surface area contributed by atoms with Crippen molar-refractivity contribution in [1.82, 2.24) is 9.97 Å². The molecule has 2 aromatic rings. The van der Waals surface area contributed by atoms with Crippen molar-refractivity contribution in [2.45, 2.75) is 20.3 Å². The van der Waals surface area contributed by atoms with Gasteiger partial charge in [-0.05, 0) is 30.5 Å². The number of rotatable bonds is 3.